The molecule has 0 aromatic heterocycles. The summed E-state index contributed by atoms with van der Waals surface area (Å²) >= 11 is 0. The molecule has 0 saturated heterocycles. The number of hydrogen-bond donors (Lipinski definition) is 0. The van der Waals surface area contributed by atoms with Gasteiger partial charge in [0.15, 0.2) is 0 Å². The predicted molar refractivity (Wildman–Crippen MR) is 113 cm³/mol. The molecule has 0 aliphatic heterocycles. The third kappa shape index (κ3) is 9.43. The highest BCUT2D eigenvalue weighted by molar-refractivity contribution is 5.77. The Kier molecular flexibility index (Phi) is 11.1. The first kappa shape index (κ1) is 23.4. The van der Waals surface area contributed by atoms with Crippen molar-refractivity contribution in [3.05, 3.63) is 58.7 Å². The highest BCUT2D eigenvalue weighted by Gasteiger charge is 2.26. The fourth-order valence-corrected chi connectivity index (χ4v) is 3.01. The van der Waals surface area contributed by atoms with Crippen LogP contribution < -0.4 is 0 Å². The first-order valence-electron chi connectivity index (χ1n) is 9.62. The molecule has 0 atom stereocenters. The van der Waals surface area contributed by atoms with E-state index in [1.165, 1.54) is 36.0 Å². The highest BCUT2D eigenvalue weighted by atomic mass is 16.1. The minimum atomic E-state index is 0.200. The summed E-state index contributed by atoms with van der Waals surface area (Å²) in [6, 6.07) is 0. The van der Waals surface area contributed by atoms with Crippen molar-refractivity contribution in [1.82, 2.24) is 0 Å². The topological polar surface area (TPSA) is 17.1 Å². The van der Waals surface area contributed by atoms with Gasteiger partial charge in [0, 0.05) is 6.42 Å². The Labute approximate surface area is 156 Å². The lowest BCUT2D eigenvalue weighted by molar-refractivity contribution is -0.116. The average Bonchev–Trinajstić information content (AvgIpc) is 2.53. The zero-order valence-electron chi connectivity index (χ0n) is 17.7. The Morgan fingerprint density at radius 3 is 2.28 bits per heavy atom. The lowest BCUT2D eigenvalue weighted by atomic mass is 9.72. The first-order valence-corrected chi connectivity index (χ1v) is 9.62. The van der Waals surface area contributed by atoms with E-state index in [0.29, 0.717) is 11.8 Å². The van der Waals surface area contributed by atoms with E-state index in [9.17, 15) is 4.79 Å². The minimum Gasteiger partial charge on any atom is -0.300 e. The molecule has 0 N–H and O–H groups in total. The molecule has 0 saturated carbocycles. The van der Waals surface area contributed by atoms with Gasteiger partial charge in [0.05, 0.1) is 0 Å². The fraction of sp³-hybridized carbons (Fsp3) is 0.542. The van der Waals surface area contributed by atoms with Crippen molar-refractivity contribution in [2.24, 2.45) is 5.41 Å². The van der Waals surface area contributed by atoms with Crippen LogP contribution in [0.3, 0.4) is 0 Å². The van der Waals surface area contributed by atoms with Crippen molar-refractivity contribution in [1.29, 1.82) is 0 Å². The number of rotatable bonds is 6. The lowest BCUT2D eigenvalue weighted by Crippen LogP contribution is -2.19. The molecular formula is C24H38O. The van der Waals surface area contributed by atoms with Gasteiger partial charge in [-0.1, -0.05) is 80.9 Å². The minimum absolute atomic E-state index is 0.200. The van der Waals surface area contributed by atoms with Crippen molar-refractivity contribution in [2.75, 3.05) is 0 Å². The van der Waals surface area contributed by atoms with Crippen molar-refractivity contribution < 1.29 is 4.79 Å². The van der Waals surface area contributed by atoms with Crippen LogP contribution in [0.1, 0.15) is 81.1 Å². The maximum Gasteiger partial charge on any atom is 0.133 e. The van der Waals surface area contributed by atoms with E-state index < -0.39 is 0 Å². The van der Waals surface area contributed by atoms with Gasteiger partial charge in [-0.3, -0.25) is 4.79 Å². The Bertz CT molecular complexity index is 577. The quantitative estimate of drug-likeness (QED) is 0.456. The lowest BCUT2D eigenvalue weighted by Gasteiger charge is -2.32. The van der Waals surface area contributed by atoms with Crippen LogP contribution in [0, 0.1) is 5.41 Å². The van der Waals surface area contributed by atoms with Crippen LogP contribution in [0.15, 0.2) is 58.7 Å². The van der Waals surface area contributed by atoms with Gasteiger partial charge in [-0.15, -0.1) is 0 Å². The summed E-state index contributed by atoms with van der Waals surface area (Å²) in [5.74, 6) is 0.200. The second-order valence-electron chi connectivity index (χ2n) is 7.39. The van der Waals surface area contributed by atoms with E-state index in [2.05, 4.69) is 58.1 Å². The monoisotopic (exact) mass is 342 g/mol. The summed E-state index contributed by atoms with van der Waals surface area (Å²) in [6.45, 7) is 16.7. The molecule has 0 amide bonds. The zero-order valence-corrected chi connectivity index (χ0v) is 17.7. The number of hydrogen-bond acceptors (Lipinski definition) is 1. The van der Waals surface area contributed by atoms with Gasteiger partial charge in [0.25, 0.3) is 0 Å². The molecule has 0 bridgehead atoms. The summed E-state index contributed by atoms with van der Waals surface area (Å²) in [7, 11) is 0. The van der Waals surface area contributed by atoms with Crippen LogP contribution in [0.2, 0.25) is 0 Å². The van der Waals surface area contributed by atoms with Crippen molar-refractivity contribution in [3.8, 4) is 0 Å². The van der Waals surface area contributed by atoms with Gasteiger partial charge in [-0.25, -0.2) is 0 Å². The maximum atomic E-state index is 11.0. The predicted octanol–water partition coefficient (Wildman–Crippen LogP) is 7.52. The van der Waals surface area contributed by atoms with Crippen LogP contribution >= 0.6 is 0 Å². The van der Waals surface area contributed by atoms with Crippen LogP contribution in [0.5, 0.6) is 0 Å². The molecule has 1 rings (SSSR count). The molecule has 140 valence electrons. The number of carbonyl (C=O) groups is 1. The summed E-state index contributed by atoms with van der Waals surface area (Å²) in [5, 5.41) is 0. The molecule has 0 fully saturated rings. The second-order valence-corrected chi connectivity index (χ2v) is 7.39. The van der Waals surface area contributed by atoms with E-state index >= 15 is 0 Å². The Morgan fingerprint density at radius 2 is 1.72 bits per heavy atom. The standard InChI is InChI=1S/C22H32O.C2H6/c1-17(12-14-20(4)23)9-7-10-18(2)13-15-21-19(3)11-8-16-22(21,5)6;1-2/h7,9-10,12-13,15H,8,11,14,16H2,1-6H3;1-2H3/b9-7+,15-13+,17-12+,18-10+;. The number of allylic oxidation sites excluding steroid dienone is 10. The third-order valence-corrected chi connectivity index (χ3v) is 4.49. The summed E-state index contributed by atoms with van der Waals surface area (Å²) < 4.78 is 0. The Morgan fingerprint density at radius 1 is 1.08 bits per heavy atom. The fourth-order valence-electron chi connectivity index (χ4n) is 3.01. The second kappa shape index (κ2) is 11.8. The van der Waals surface area contributed by atoms with Gasteiger partial charge in [-0.2, -0.15) is 0 Å². The molecular weight excluding hydrogens is 304 g/mol. The number of carbonyl (C=O) groups excluding carboxylic acids is 1. The molecule has 1 aliphatic rings. The van der Waals surface area contributed by atoms with Crippen molar-refractivity contribution in [2.45, 2.75) is 81.1 Å². The summed E-state index contributed by atoms with van der Waals surface area (Å²) in [4.78, 5) is 11.0. The molecule has 0 heterocycles. The van der Waals surface area contributed by atoms with E-state index in [1.54, 1.807) is 6.92 Å². The summed E-state index contributed by atoms with van der Waals surface area (Å²) in [6.07, 6.45) is 17.0. The molecule has 1 aliphatic carbocycles. The molecule has 1 heteroatoms. The molecule has 0 radical (unpaired) electrons. The van der Waals surface area contributed by atoms with Gasteiger partial charge in [0.2, 0.25) is 0 Å². The highest BCUT2D eigenvalue weighted by Crippen LogP contribution is 2.40. The maximum absolute atomic E-state index is 11.0. The van der Waals surface area contributed by atoms with Gasteiger partial charge >= 0.3 is 0 Å². The van der Waals surface area contributed by atoms with Gasteiger partial charge < -0.3 is 0 Å². The normalized spacial score (nSPS) is 18.6. The zero-order chi connectivity index (χ0) is 19.5. The average molecular weight is 343 g/mol. The first-order chi connectivity index (χ1) is 11.7. The van der Waals surface area contributed by atoms with E-state index in [0.717, 1.165) is 5.57 Å². The largest absolute Gasteiger partial charge is 0.300 e. The van der Waals surface area contributed by atoms with Crippen LogP contribution in [-0.4, -0.2) is 5.78 Å². The third-order valence-electron chi connectivity index (χ3n) is 4.49. The molecule has 0 spiro atoms. The Hall–Kier alpha value is -1.63. The summed E-state index contributed by atoms with van der Waals surface area (Å²) in [5.41, 5.74) is 5.69. The van der Waals surface area contributed by atoms with E-state index in [-0.39, 0.29) is 5.78 Å². The van der Waals surface area contributed by atoms with E-state index in [1.807, 2.05) is 26.8 Å². The van der Waals surface area contributed by atoms with Crippen LogP contribution in [0.4, 0.5) is 0 Å². The Balaban J connectivity index is 0.00000277. The molecule has 0 aromatic rings. The smallest absolute Gasteiger partial charge is 0.133 e. The van der Waals surface area contributed by atoms with Crippen molar-refractivity contribution in [3.63, 3.8) is 0 Å². The molecule has 25 heavy (non-hydrogen) atoms. The van der Waals surface area contributed by atoms with Crippen LogP contribution in [-0.2, 0) is 4.79 Å². The SMILES string of the molecule is CC.CC(=O)C/C=C(C)/C=C/C=C(C)/C=C/C1=C(C)CCCC1(C)C. The van der Waals surface area contributed by atoms with Gasteiger partial charge in [-0.05, 0) is 57.9 Å². The van der Waals surface area contributed by atoms with Crippen LogP contribution in [0.25, 0.3) is 0 Å². The van der Waals surface area contributed by atoms with Gasteiger partial charge in [0.1, 0.15) is 5.78 Å². The molecule has 0 unspecified atom stereocenters. The van der Waals surface area contributed by atoms with E-state index in [4.69, 9.17) is 0 Å². The van der Waals surface area contributed by atoms with Crippen molar-refractivity contribution >= 4 is 5.78 Å². The molecule has 1 nitrogen and oxygen atoms in total. The number of Topliss-reactive ketones (excluding diaryl/α,β-unsaturated/α-hetero) is 1. The molecule has 0 aromatic carbocycles. The number of ketones is 1.